The Morgan fingerprint density at radius 3 is 2.49 bits per heavy atom. The second-order valence-electron chi connectivity index (χ2n) is 13.6. The van der Waals surface area contributed by atoms with E-state index in [0.717, 1.165) is 60.8 Å². The third-order valence-corrected chi connectivity index (χ3v) is 12.4. The van der Waals surface area contributed by atoms with Gasteiger partial charge in [-0.05, 0) is 91.3 Å². The van der Waals surface area contributed by atoms with E-state index in [0.29, 0.717) is 5.41 Å². The van der Waals surface area contributed by atoms with Crippen LogP contribution in [0.2, 0.25) is 0 Å². The Morgan fingerprint density at radius 1 is 1.08 bits per heavy atom. The van der Waals surface area contributed by atoms with Gasteiger partial charge < -0.3 is 4.74 Å². The van der Waals surface area contributed by atoms with Crippen LogP contribution in [0.5, 0.6) is 0 Å². The molecule has 8 atom stereocenters. The molecule has 0 N–H and O–H groups in total. The standard InChI is InChI=1S/C31H46Cl4O2/c1-19(2)7-6-8-20(3)24-11-12-25-23-10-9-21-17-22(37-28(36)18-27(32)31(33,34)35)13-15-29(21,4)26(23)14-16-30(24,25)5/h9,18-20,22-26H,6-8,10-17H2,1-5H3/b27-18-/t20-,22+,23+,24-,25+,26+,29+,30-/m1/s1. The van der Waals surface area contributed by atoms with Crippen molar-refractivity contribution in [3.05, 3.63) is 22.8 Å². The van der Waals surface area contributed by atoms with E-state index in [2.05, 4.69) is 40.7 Å². The maximum atomic E-state index is 12.4. The summed E-state index contributed by atoms with van der Waals surface area (Å²) in [6.07, 6.45) is 17.1. The minimum Gasteiger partial charge on any atom is -0.459 e. The molecule has 0 aromatic heterocycles. The molecule has 0 radical (unpaired) electrons. The molecule has 3 fully saturated rings. The highest BCUT2D eigenvalue weighted by molar-refractivity contribution is 6.73. The molecule has 4 aliphatic carbocycles. The van der Waals surface area contributed by atoms with Crippen molar-refractivity contribution in [3.8, 4) is 0 Å². The van der Waals surface area contributed by atoms with Crippen molar-refractivity contribution >= 4 is 52.4 Å². The molecule has 6 heteroatoms. The molecule has 0 spiro atoms. The lowest BCUT2D eigenvalue weighted by Crippen LogP contribution is -2.51. The highest BCUT2D eigenvalue weighted by atomic mass is 35.6. The Labute approximate surface area is 245 Å². The molecular formula is C31H46Cl4O2. The average Bonchev–Trinajstić information content (AvgIpc) is 3.15. The fraction of sp³-hybridized carbons (Fsp3) is 0.839. The van der Waals surface area contributed by atoms with Gasteiger partial charge in [-0.15, -0.1) is 0 Å². The van der Waals surface area contributed by atoms with E-state index in [1.165, 1.54) is 56.9 Å². The van der Waals surface area contributed by atoms with Gasteiger partial charge in [0.2, 0.25) is 3.79 Å². The summed E-state index contributed by atoms with van der Waals surface area (Å²) in [5.74, 6) is 4.39. The van der Waals surface area contributed by atoms with Gasteiger partial charge in [-0.1, -0.05) is 112 Å². The summed E-state index contributed by atoms with van der Waals surface area (Å²) in [6, 6.07) is 0. The molecule has 0 bridgehead atoms. The number of fused-ring (bicyclic) bond motifs is 5. The number of halogens is 4. The van der Waals surface area contributed by atoms with E-state index >= 15 is 0 Å². The topological polar surface area (TPSA) is 26.3 Å². The first-order valence-electron chi connectivity index (χ1n) is 14.6. The summed E-state index contributed by atoms with van der Waals surface area (Å²) in [4.78, 5) is 12.4. The van der Waals surface area contributed by atoms with Gasteiger partial charge in [0, 0.05) is 12.5 Å². The van der Waals surface area contributed by atoms with E-state index < -0.39 is 9.76 Å². The zero-order chi connectivity index (χ0) is 27.2. The molecule has 0 heterocycles. The molecule has 4 aliphatic rings. The lowest BCUT2D eigenvalue weighted by Gasteiger charge is -2.58. The quantitative estimate of drug-likeness (QED) is 0.127. The summed E-state index contributed by atoms with van der Waals surface area (Å²) in [5.41, 5.74) is 2.22. The first kappa shape index (κ1) is 30.1. The maximum Gasteiger partial charge on any atom is 0.332 e. The van der Waals surface area contributed by atoms with Crippen molar-refractivity contribution < 1.29 is 9.53 Å². The van der Waals surface area contributed by atoms with Crippen LogP contribution in [-0.4, -0.2) is 15.9 Å². The van der Waals surface area contributed by atoms with Crippen LogP contribution in [-0.2, 0) is 9.53 Å². The number of ether oxygens (including phenoxy) is 1. The van der Waals surface area contributed by atoms with Gasteiger partial charge in [0.25, 0.3) is 0 Å². The van der Waals surface area contributed by atoms with Gasteiger partial charge >= 0.3 is 5.97 Å². The monoisotopic (exact) mass is 590 g/mol. The van der Waals surface area contributed by atoms with Gasteiger partial charge in [0.15, 0.2) is 0 Å². The third kappa shape index (κ3) is 6.23. The van der Waals surface area contributed by atoms with E-state index in [9.17, 15) is 4.79 Å². The molecular weight excluding hydrogens is 546 g/mol. The van der Waals surface area contributed by atoms with E-state index in [1.54, 1.807) is 0 Å². The van der Waals surface area contributed by atoms with Crippen molar-refractivity contribution in [1.82, 2.24) is 0 Å². The average molecular weight is 593 g/mol. The lowest BCUT2D eigenvalue weighted by molar-refractivity contribution is -0.145. The molecule has 0 aromatic carbocycles. The van der Waals surface area contributed by atoms with Crippen LogP contribution in [0.4, 0.5) is 0 Å². The van der Waals surface area contributed by atoms with E-state index in [4.69, 9.17) is 51.1 Å². The fourth-order valence-corrected chi connectivity index (χ4v) is 9.39. The van der Waals surface area contributed by atoms with Crippen LogP contribution in [0.1, 0.15) is 105 Å². The Balaban J connectivity index is 1.42. The summed E-state index contributed by atoms with van der Waals surface area (Å²) in [7, 11) is 0. The third-order valence-electron chi connectivity index (χ3n) is 11.1. The number of carbonyl (C=O) groups is 1. The minimum absolute atomic E-state index is 0.141. The van der Waals surface area contributed by atoms with Gasteiger partial charge in [0.1, 0.15) is 6.10 Å². The Bertz CT molecular complexity index is 905. The summed E-state index contributed by atoms with van der Waals surface area (Å²) >= 11 is 23.3. The van der Waals surface area contributed by atoms with Gasteiger partial charge in [0.05, 0.1) is 5.03 Å². The second-order valence-corrected chi connectivity index (χ2v) is 16.3. The number of carbonyl (C=O) groups excluding carboxylic acids is 1. The van der Waals surface area contributed by atoms with Gasteiger partial charge in [-0.25, -0.2) is 4.79 Å². The molecule has 0 unspecified atom stereocenters. The normalized spacial score (nSPS) is 38.9. The van der Waals surface area contributed by atoms with Crippen LogP contribution >= 0.6 is 46.4 Å². The Kier molecular flexibility index (Phi) is 9.38. The highest BCUT2D eigenvalue weighted by Crippen LogP contribution is 2.67. The Hall–Kier alpha value is 0.110. The molecule has 0 saturated heterocycles. The highest BCUT2D eigenvalue weighted by Gasteiger charge is 2.59. The van der Waals surface area contributed by atoms with Crippen LogP contribution in [0.25, 0.3) is 0 Å². The zero-order valence-electron chi connectivity index (χ0n) is 23.3. The number of hydrogen-bond donors (Lipinski definition) is 0. The molecule has 0 amide bonds. The first-order chi connectivity index (χ1) is 17.3. The van der Waals surface area contributed by atoms with E-state index in [1.807, 2.05) is 0 Å². The number of rotatable bonds is 7. The number of allylic oxidation sites excluding steroid dienone is 2. The zero-order valence-corrected chi connectivity index (χ0v) is 26.3. The summed E-state index contributed by atoms with van der Waals surface area (Å²) in [6.45, 7) is 12.4. The van der Waals surface area contributed by atoms with Crippen molar-refractivity contribution in [3.63, 3.8) is 0 Å². The molecule has 210 valence electrons. The molecule has 2 nitrogen and oxygen atoms in total. The summed E-state index contributed by atoms with van der Waals surface area (Å²) < 4.78 is 3.93. The molecule has 4 rings (SSSR count). The molecule has 0 aromatic rings. The van der Waals surface area contributed by atoms with Crippen molar-refractivity contribution in [2.45, 2.75) is 115 Å². The van der Waals surface area contributed by atoms with Crippen LogP contribution < -0.4 is 0 Å². The predicted molar refractivity (Wildman–Crippen MR) is 157 cm³/mol. The molecule has 37 heavy (non-hydrogen) atoms. The lowest BCUT2D eigenvalue weighted by atomic mass is 9.47. The second kappa shape index (κ2) is 11.5. The van der Waals surface area contributed by atoms with Crippen LogP contribution in [0, 0.1) is 46.3 Å². The fourth-order valence-electron chi connectivity index (χ4n) is 9.14. The van der Waals surface area contributed by atoms with Crippen molar-refractivity contribution in [1.29, 1.82) is 0 Å². The predicted octanol–water partition coefficient (Wildman–Crippen LogP) is 10.4. The Morgan fingerprint density at radius 2 is 1.81 bits per heavy atom. The summed E-state index contributed by atoms with van der Waals surface area (Å²) in [5, 5.41) is -0.141. The SMILES string of the molecule is CC(C)CCC[C@@H](C)[C@H]1CC[C@H]2[C@@H]3CC=C4C[C@@H](OC(=O)/C=C(\Cl)C(Cl)(Cl)Cl)CC[C@]4(C)[C@H]3CC[C@]12C. The minimum atomic E-state index is -1.81. The first-order valence-corrected chi connectivity index (χ1v) is 16.1. The number of alkyl halides is 3. The van der Waals surface area contributed by atoms with Gasteiger partial charge in [-0.2, -0.15) is 0 Å². The molecule has 0 aliphatic heterocycles. The van der Waals surface area contributed by atoms with Crippen molar-refractivity contribution in [2.75, 3.05) is 0 Å². The maximum absolute atomic E-state index is 12.4. The van der Waals surface area contributed by atoms with Crippen LogP contribution in [0.3, 0.4) is 0 Å². The number of esters is 1. The van der Waals surface area contributed by atoms with Gasteiger partial charge in [-0.3, -0.25) is 0 Å². The smallest absolute Gasteiger partial charge is 0.332 e. The number of hydrogen-bond acceptors (Lipinski definition) is 2. The van der Waals surface area contributed by atoms with Crippen molar-refractivity contribution in [2.24, 2.45) is 46.3 Å². The van der Waals surface area contributed by atoms with E-state index in [-0.39, 0.29) is 16.6 Å². The molecule has 3 saturated carbocycles. The largest absolute Gasteiger partial charge is 0.459 e. The van der Waals surface area contributed by atoms with Crippen LogP contribution in [0.15, 0.2) is 22.8 Å².